The van der Waals surface area contributed by atoms with Crippen molar-refractivity contribution in [2.24, 2.45) is 5.92 Å². The summed E-state index contributed by atoms with van der Waals surface area (Å²) in [5, 5.41) is 5.34. The van der Waals surface area contributed by atoms with Crippen molar-refractivity contribution in [3.63, 3.8) is 0 Å². The van der Waals surface area contributed by atoms with Gasteiger partial charge in [-0.05, 0) is 30.5 Å². The van der Waals surface area contributed by atoms with Gasteiger partial charge in [-0.15, -0.1) is 0 Å². The van der Waals surface area contributed by atoms with Crippen molar-refractivity contribution >= 4 is 17.6 Å². The minimum atomic E-state index is -0.684. The number of hydrogen-bond acceptors (Lipinski definition) is 4. The zero-order chi connectivity index (χ0) is 29.8. The van der Waals surface area contributed by atoms with Gasteiger partial charge in [0.25, 0.3) is 5.91 Å². The second kappa shape index (κ2) is 16.3. The lowest BCUT2D eigenvalue weighted by Crippen LogP contribution is -2.43. The van der Waals surface area contributed by atoms with Gasteiger partial charge < -0.3 is 15.5 Å². The van der Waals surface area contributed by atoms with E-state index < -0.39 is 23.4 Å². The molecule has 0 bridgehead atoms. The van der Waals surface area contributed by atoms with Crippen LogP contribution in [0.15, 0.2) is 36.4 Å². The van der Waals surface area contributed by atoms with Gasteiger partial charge in [0, 0.05) is 43.1 Å². The molecule has 4 rings (SSSR count). The number of carbonyl (C=O) groups excluding carboxylic acids is 3. The molecule has 224 valence electrons. The molecule has 9 heteroatoms. The van der Waals surface area contributed by atoms with Gasteiger partial charge in [-0.3, -0.25) is 14.4 Å². The Morgan fingerprint density at radius 2 is 1.61 bits per heavy atom. The monoisotopic (exact) mass is 573 g/mol. The molecular formula is C32H42F3N3O3. The van der Waals surface area contributed by atoms with E-state index >= 15 is 4.39 Å². The number of rotatable bonds is 9. The molecule has 2 fully saturated rings. The van der Waals surface area contributed by atoms with Crippen LogP contribution in [0.5, 0.6) is 0 Å². The number of hydrogen-bond donors (Lipinski definition) is 2. The van der Waals surface area contributed by atoms with Crippen molar-refractivity contribution < 1.29 is 27.6 Å². The summed E-state index contributed by atoms with van der Waals surface area (Å²) in [5.74, 6) is -3.53. The molecule has 1 heterocycles. The maximum absolute atomic E-state index is 15.3. The lowest BCUT2D eigenvalue weighted by Gasteiger charge is -2.33. The van der Waals surface area contributed by atoms with Gasteiger partial charge in [0.2, 0.25) is 5.91 Å². The minimum absolute atomic E-state index is 0.0433. The molecule has 1 aliphatic carbocycles. The molecule has 2 aromatic carbocycles. The van der Waals surface area contributed by atoms with Crippen LogP contribution < -0.4 is 10.6 Å². The molecule has 1 aliphatic heterocycles. The highest BCUT2D eigenvalue weighted by atomic mass is 19.1. The van der Waals surface area contributed by atoms with Gasteiger partial charge in [0.05, 0.1) is 18.7 Å². The molecule has 41 heavy (non-hydrogen) atoms. The van der Waals surface area contributed by atoms with Gasteiger partial charge in [-0.2, -0.15) is 0 Å². The normalized spacial score (nSPS) is 17.0. The van der Waals surface area contributed by atoms with Crippen LogP contribution in [-0.4, -0.2) is 48.7 Å². The third-order valence-corrected chi connectivity index (χ3v) is 7.66. The van der Waals surface area contributed by atoms with Crippen LogP contribution in [0.3, 0.4) is 0 Å². The van der Waals surface area contributed by atoms with Crippen LogP contribution in [0.2, 0.25) is 0 Å². The highest BCUT2D eigenvalue weighted by Crippen LogP contribution is 2.30. The molecule has 1 atom stereocenters. The number of piperidine rings is 1. The van der Waals surface area contributed by atoms with Crippen molar-refractivity contribution in [1.29, 1.82) is 0 Å². The fourth-order valence-corrected chi connectivity index (χ4v) is 5.11. The van der Waals surface area contributed by atoms with Crippen molar-refractivity contribution in [1.82, 2.24) is 15.5 Å². The Morgan fingerprint density at radius 1 is 0.927 bits per heavy atom. The third-order valence-electron chi connectivity index (χ3n) is 7.66. The van der Waals surface area contributed by atoms with E-state index in [1.165, 1.54) is 50.7 Å². The first-order chi connectivity index (χ1) is 19.7. The third kappa shape index (κ3) is 9.99. The Morgan fingerprint density at radius 3 is 2.24 bits per heavy atom. The average molecular weight is 574 g/mol. The molecular weight excluding hydrogens is 531 g/mol. The van der Waals surface area contributed by atoms with Crippen LogP contribution in [0.1, 0.15) is 92.6 Å². The Balaban J connectivity index is 0.000000681. The first kappa shape index (κ1) is 32.3. The molecule has 0 radical (unpaired) electrons. The molecule has 0 aromatic heterocycles. The van der Waals surface area contributed by atoms with Crippen LogP contribution >= 0.6 is 0 Å². The first-order valence-electron chi connectivity index (χ1n) is 14.7. The first-order valence-corrected chi connectivity index (χ1v) is 14.7. The van der Waals surface area contributed by atoms with Crippen LogP contribution in [0.4, 0.5) is 13.2 Å². The molecule has 6 nitrogen and oxygen atoms in total. The number of Topliss-reactive ketones (excluding diaryl/α,β-unsaturated/α-hetero) is 1. The Hall–Kier alpha value is -3.20. The minimum Gasteiger partial charge on any atom is -0.345 e. The fourth-order valence-electron chi connectivity index (χ4n) is 5.11. The molecule has 2 aromatic rings. The standard InChI is InChI=1S/C26H30F3N3O3.C6H12/c1-16(2)23(33)13-31-26(35)21-7-3-6-20(25(21)29)18-5-4-10-32(15-18)24(34)14-30-12-17-8-9-19(27)11-22(17)28;1-2-4-6-5-3-1/h3,6-9,11,16,18,30H,4-5,10,12-15H2,1-2H3,(H,31,35);1-6H2. The van der Waals surface area contributed by atoms with E-state index in [1.807, 2.05) is 0 Å². The number of likely N-dealkylation sites (tertiary alicyclic amines) is 1. The predicted octanol–water partition coefficient (Wildman–Crippen LogP) is 5.90. The number of nitrogens with zero attached hydrogens (tertiary/aromatic N) is 1. The second-order valence-corrected chi connectivity index (χ2v) is 11.2. The summed E-state index contributed by atoms with van der Waals surface area (Å²) in [7, 11) is 0. The SMILES string of the molecule is C1CCCCC1.CC(C)C(=O)CNC(=O)c1cccc(C2CCCN(C(=O)CNCc3ccc(F)cc3F)C2)c1F. The zero-order valence-corrected chi connectivity index (χ0v) is 24.1. The summed E-state index contributed by atoms with van der Waals surface area (Å²) >= 11 is 0. The number of carbonyl (C=O) groups is 3. The molecule has 2 aliphatic rings. The number of halogens is 3. The Kier molecular flexibility index (Phi) is 12.8. The maximum atomic E-state index is 15.3. The van der Waals surface area contributed by atoms with E-state index in [1.54, 1.807) is 30.9 Å². The number of benzene rings is 2. The van der Waals surface area contributed by atoms with Crippen molar-refractivity contribution in [2.75, 3.05) is 26.2 Å². The van der Waals surface area contributed by atoms with E-state index in [0.29, 0.717) is 31.5 Å². The lowest BCUT2D eigenvalue weighted by molar-refractivity contribution is -0.131. The van der Waals surface area contributed by atoms with E-state index in [-0.39, 0.29) is 54.3 Å². The van der Waals surface area contributed by atoms with E-state index in [2.05, 4.69) is 10.6 Å². The maximum Gasteiger partial charge on any atom is 0.254 e. The molecule has 1 unspecified atom stereocenters. The summed E-state index contributed by atoms with van der Waals surface area (Å²) in [6.07, 6.45) is 10.3. The van der Waals surface area contributed by atoms with E-state index in [4.69, 9.17) is 0 Å². The quantitative estimate of drug-likeness (QED) is 0.392. The Bertz CT molecular complexity index is 1170. The van der Waals surface area contributed by atoms with Gasteiger partial charge in [-0.25, -0.2) is 13.2 Å². The van der Waals surface area contributed by atoms with Crippen molar-refractivity contribution in [3.8, 4) is 0 Å². The van der Waals surface area contributed by atoms with E-state index in [9.17, 15) is 23.2 Å². The molecule has 1 saturated carbocycles. The van der Waals surface area contributed by atoms with E-state index in [0.717, 1.165) is 12.1 Å². The van der Waals surface area contributed by atoms with Crippen molar-refractivity contribution in [3.05, 3.63) is 70.5 Å². The van der Waals surface area contributed by atoms with Gasteiger partial charge in [0.15, 0.2) is 5.78 Å². The fraction of sp³-hybridized carbons (Fsp3) is 0.531. The van der Waals surface area contributed by atoms with Crippen LogP contribution in [0.25, 0.3) is 0 Å². The summed E-state index contributed by atoms with van der Waals surface area (Å²) in [5.41, 5.74) is 0.472. The highest BCUT2D eigenvalue weighted by molar-refractivity contribution is 5.97. The van der Waals surface area contributed by atoms with Gasteiger partial charge in [0.1, 0.15) is 17.5 Å². The predicted molar refractivity (Wildman–Crippen MR) is 153 cm³/mol. The van der Waals surface area contributed by atoms with Crippen LogP contribution in [-0.2, 0) is 16.1 Å². The molecule has 2 amide bonds. The lowest BCUT2D eigenvalue weighted by atomic mass is 9.89. The van der Waals surface area contributed by atoms with Gasteiger partial charge in [-0.1, -0.05) is 70.6 Å². The topological polar surface area (TPSA) is 78.5 Å². The largest absolute Gasteiger partial charge is 0.345 e. The number of amides is 2. The number of ketones is 1. The zero-order valence-electron chi connectivity index (χ0n) is 24.1. The summed E-state index contributed by atoms with van der Waals surface area (Å²) < 4.78 is 42.0. The van der Waals surface area contributed by atoms with Crippen molar-refractivity contribution in [2.45, 2.75) is 77.7 Å². The Labute approximate surface area is 241 Å². The summed E-state index contributed by atoms with van der Waals surface area (Å²) in [6.45, 7) is 4.12. The van der Waals surface area contributed by atoms with Gasteiger partial charge >= 0.3 is 0 Å². The molecule has 1 saturated heterocycles. The molecule has 2 N–H and O–H groups in total. The van der Waals surface area contributed by atoms with Crippen LogP contribution in [0, 0.1) is 23.4 Å². The average Bonchev–Trinajstić information content (AvgIpc) is 2.98. The summed E-state index contributed by atoms with van der Waals surface area (Å²) in [4.78, 5) is 38.5. The molecule has 0 spiro atoms. The second-order valence-electron chi connectivity index (χ2n) is 11.2. The smallest absolute Gasteiger partial charge is 0.254 e. The summed E-state index contributed by atoms with van der Waals surface area (Å²) in [6, 6.07) is 7.85. The highest BCUT2D eigenvalue weighted by Gasteiger charge is 2.28. The number of nitrogens with one attached hydrogen (secondary N) is 2.